The molecule has 1 aliphatic heterocycles. The minimum absolute atomic E-state index is 0.0462. The SMILES string of the molecule is CCCC(C)Oc1nc(N)c2nc(OC)n(CCC3CCNCC3)c2n1. The highest BCUT2D eigenvalue weighted by Crippen LogP contribution is 2.27. The van der Waals surface area contributed by atoms with Crippen molar-refractivity contribution in [3.05, 3.63) is 0 Å². The maximum absolute atomic E-state index is 6.11. The molecule has 0 saturated carbocycles. The summed E-state index contributed by atoms with van der Waals surface area (Å²) in [6.45, 7) is 7.12. The molecule has 8 nitrogen and oxygen atoms in total. The number of anilines is 1. The van der Waals surface area contributed by atoms with Gasteiger partial charge in [-0.25, -0.2) is 0 Å². The molecule has 3 rings (SSSR count). The van der Waals surface area contributed by atoms with Crippen LogP contribution >= 0.6 is 0 Å². The molecule has 0 radical (unpaired) electrons. The zero-order valence-electron chi connectivity index (χ0n) is 16.0. The summed E-state index contributed by atoms with van der Waals surface area (Å²) in [5.41, 5.74) is 7.37. The van der Waals surface area contributed by atoms with Crippen LogP contribution in [0.25, 0.3) is 11.2 Å². The van der Waals surface area contributed by atoms with Crippen molar-refractivity contribution in [3.8, 4) is 12.0 Å². The second-order valence-electron chi connectivity index (χ2n) is 7.01. The lowest BCUT2D eigenvalue weighted by atomic mass is 9.95. The number of piperidine rings is 1. The van der Waals surface area contributed by atoms with Crippen LogP contribution in [0.2, 0.25) is 0 Å². The van der Waals surface area contributed by atoms with E-state index in [1.54, 1.807) is 7.11 Å². The molecule has 3 N–H and O–H groups in total. The number of nitrogens with zero attached hydrogens (tertiary/aromatic N) is 4. The van der Waals surface area contributed by atoms with Crippen molar-refractivity contribution in [1.29, 1.82) is 0 Å². The van der Waals surface area contributed by atoms with Gasteiger partial charge in [0.15, 0.2) is 17.0 Å². The van der Waals surface area contributed by atoms with Crippen molar-refractivity contribution in [2.45, 2.75) is 58.6 Å². The lowest BCUT2D eigenvalue weighted by molar-refractivity contribution is 0.193. The largest absolute Gasteiger partial charge is 0.468 e. The molecule has 0 amide bonds. The number of aryl methyl sites for hydroxylation is 1. The number of nitrogens with two attached hydrogens (primary N) is 1. The predicted octanol–water partition coefficient (Wildman–Crippen LogP) is 2.37. The van der Waals surface area contributed by atoms with Crippen LogP contribution in [-0.2, 0) is 6.54 Å². The highest BCUT2D eigenvalue weighted by atomic mass is 16.5. The van der Waals surface area contributed by atoms with Crippen LogP contribution in [0.3, 0.4) is 0 Å². The third-order valence-electron chi connectivity index (χ3n) is 4.97. The first-order valence-electron chi connectivity index (χ1n) is 9.57. The molecule has 3 heterocycles. The normalized spacial score (nSPS) is 16.7. The van der Waals surface area contributed by atoms with Gasteiger partial charge in [0.25, 0.3) is 6.01 Å². The fourth-order valence-corrected chi connectivity index (χ4v) is 3.52. The van der Waals surface area contributed by atoms with Crippen LogP contribution in [0.5, 0.6) is 12.0 Å². The molecule has 144 valence electrons. The molecule has 8 heteroatoms. The van der Waals surface area contributed by atoms with Crippen LogP contribution in [0.1, 0.15) is 46.0 Å². The number of aromatic nitrogens is 4. The first-order chi connectivity index (χ1) is 12.6. The van der Waals surface area contributed by atoms with E-state index in [9.17, 15) is 0 Å². The Morgan fingerprint density at radius 1 is 1.27 bits per heavy atom. The van der Waals surface area contributed by atoms with Crippen molar-refractivity contribution < 1.29 is 9.47 Å². The Morgan fingerprint density at radius 2 is 2.04 bits per heavy atom. The number of nitrogens with one attached hydrogen (secondary N) is 1. The number of rotatable bonds is 8. The van der Waals surface area contributed by atoms with Gasteiger partial charge in [-0.2, -0.15) is 15.0 Å². The van der Waals surface area contributed by atoms with Gasteiger partial charge in [0.2, 0.25) is 0 Å². The second kappa shape index (κ2) is 8.53. The van der Waals surface area contributed by atoms with Gasteiger partial charge in [-0.3, -0.25) is 4.57 Å². The number of hydrogen-bond acceptors (Lipinski definition) is 7. The number of nitrogen functional groups attached to an aromatic ring is 1. The third kappa shape index (κ3) is 4.17. The fourth-order valence-electron chi connectivity index (χ4n) is 3.52. The first-order valence-corrected chi connectivity index (χ1v) is 9.57. The molecule has 1 fully saturated rings. The van der Waals surface area contributed by atoms with E-state index in [2.05, 4.69) is 27.2 Å². The summed E-state index contributed by atoms with van der Waals surface area (Å²) in [5.74, 6) is 1.03. The Morgan fingerprint density at radius 3 is 2.73 bits per heavy atom. The van der Waals surface area contributed by atoms with Gasteiger partial charge >= 0.3 is 6.01 Å². The maximum atomic E-state index is 6.11. The molecule has 0 aromatic carbocycles. The summed E-state index contributed by atoms with van der Waals surface area (Å²) in [5, 5.41) is 3.41. The van der Waals surface area contributed by atoms with Gasteiger partial charge in [-0.05, 0) is 51.6 Å². The lowest BCUT2D eigenvalue weighted by Crippen LogP contribution is -2.28. The molecule has 2 aromatic heterocycles. The average molecular weight is 362 g/mol. The minimum atomic E-state index is 0.0462. The molecule has 0 aliphatic carbocycles. The summed E-state index contributed by atoms with van der Waals surface area (Å²) in [4.78, 5) is 13.3. The van der Waals surface area contributed by atoms with Crippen LogP contribution < -0.4 is 20.5 Å². The van der Waals surface area contributed by atoms with Crippen molar-refractivity contribution in [2.75, 3.05) is 25.9 Å². The molecule has 0 spiro atoms. The smallest absolute Gasteiger partial charge is 0.320 e. The number of ether oxygens (including phenoxy) is 2. The molecule has 26 heavy (non-hydrogen) atoms. The fraction of sp³-hybridized carbons (Fsp3) is 0.722. The van der Waals surface area contributed by atoms with Crippen molar-refractivity contribution in [3.63, 3.8) is 0 Å². The average Bonchev–Trinajstić information content (AvgIpc) is 2.99. The molecule has 1 unspecified atom stereocenters. The topological polar surface area (TPSA) is 100 Å². The van der Waals surface area contributed by atoms with Gasteiger partial charge in [0.05, 0.1) is 13.2 Å². The van der Waals surface area contributed by atoms with E-state index in [0.29, 0.717) is 34.9 Å². The monoisotopic (exact) mass is 362 g/mol. The van der Waals surface area contributed by atoms with E-state index >= 15 is 0 Å². The summed E-state index contributed by atoms with van der Waals surface area (Å²) >= 11 is 0. The van der Waals surface area contributed by atoms with Crippen molar-refractivity contribution in [1.82, 2.24) is 24.8 Å². The molecule has 1 aliphatic rings. The number of fused-ring (bicyclic) bond motifs is 1. The molecular formula is C18H30N6O2. The Kier molecular flexibility index (Phi) is 6.13. The van der Waals surface area contributed by atoms with Gasteiger partial charge in [0.1, 0.15) is 0 Å². The first kappa shape index (κ1) is 18.7. The molecule has 1 atom stereocenters. The van der Waals surface area contributed by atoms with Gasteiger partial charge in [0, 0.05) is 6.54 Å². The summed E-state index contributed by atoms with van der Waals surface area (Å²) in [7, 11) is 1.62. The Balaban J connectivity index is 1.85. The molecule has 1 saturated heterocycles. The third-order valence-corrected chi connectivity index (χ3v) is 4.97. The number of hydrogen-bond donors (Lipinski definition) is 2. The van der Waals surface area contributed by atoms with E-state index in [1.165, 1.54) is 12.8 Å². The zero-order valence-corrected chi connectivity index (χ0v) is 16.0. The van der Waals surface area contributed by atoms with Crippen molar-refractivity contribution >= 4 is 17.0 Å². The molecule has 0 bridgehead atoms. The molecular weight excluding hydrogens is 332 g/mol. The predicted molar refractivity (Wildman–Crippen MR) is 101 cm³/mol. The van der Waals surface area contributed by atoms with Crippen LogP contribution in [0, 0.1) is 5.92 Å². The second-order valence-corrected chi connectivity index (χ2v) is 7.01. The maximum Gasteiger partial charge on any atom is 0.320 e. The van der Waals surface area contributed by atoms with E-state index in [1.807, 2.05) is 11.5 Å². The van der Waals surface area contributed by atoms with Crippen LogP contribution in [0.4, 0.5) is 5.82 Å². The van der Waals surface area contributed by atoms with Crippen LogP contribution in [0.15, 0.2) is 0 Å². The summed E-state index contributed by atoms with van der Waals surface area (Å²) in [6.07, 6.45) is 5.50. The minimum Gasteiger partial charge on any atom is -0.468 e. The number of methoxy groups -OCH3 is 1. The van der Waals surface area contributed by atoms with Crippen LogP contribution in [-0.4, -0.2) is 45.8 Å². The van der Waals surface area contributed by atoms with E-state index < -0.39 is 0 Å². The standard InChI is InChI=1S/C18H30N6O2/c1-4-5-12(2)26-17-22-15(19)14-16(23-17)24(18(21-14)25-3)11-8-13-6-9-20-10-7-13/h12-13,20H,4-11H2,1-3H3,(H2,19,22,23). The summed E-state index contributed by atoms with van der Waals surface area (Å²) in [6, 6.07) is 0.829. The quantitative estimate of drug-likeness (QED) is 0.743. The van der Waals surface area contributed by atoms with Gasteiger partial charge in [-0.1, -0.05) is 13.3 Å². The van der Waals surface area contributed by atoms with Crippen molar-refractivity contribution in [2.24, 2.45) is 5.92 Å². The number of imidazole rings is 1. The summed E-state index contributed by atoms with van der Waals surface area (Å²) < 4.78 is 13.3. The molecule has 2 aromatic rings. The highest BCUT2D eigenvalue weighted by Gasteiger charge is 2.20. The van der Waals surface area contributed by atoms with E-state index in [-0.39, 0.29) is 6.10 Å². The van der Waals surface area contributed by atoms with Gasteiger partial charge in [-0.15, -0.1) is 0 Å². The van der Waals surface area contributed by atoms with E-state index in [4.69, 9.17) is 15.2 Å². The van der Waals surface area contributed by atoms with Gasteiger partial charge < -0.3 is 20.5 Å². The lowest BCUT2D eigenvalue weighted by Gasteiger charge is -2.22. The Labute approximate surface area is 154 Å². The zero-order chi connectivity index (χ0) is 18.5. The Bertz CT molecular complexity index is 726. The Hall–Kier alpha value is -2.09. The van der Waals surface area contributed by atoms with E-state index in [0.717, 1.165) is 38.9 Å². The highest BCUT2D eigenvalue weighted by molar-refractivity contribution is 5.83.